The third-order valence-electron chi connectivity index (χ3n) is 5.65. The maximum Gasteiger partial charge on any atom is 0.225 e. The van der Waals surface area contributed by atoms with Crippen molar-refractivity contribution in [2.24, 2.45) is 17.3 Å². The van der Waals surface area contributed by atoms with Gasteiger partial charge in [-0.05, 0) is 25.2 Å². The van der Waals surface area contributed by atoms with E-state index in [-0.39, 0.29) is 30.0 Å². The fraction of sp³-hybridized carbons (Fsp3) is 0.944. The number of hydrogen-bond acceptors (Lipinski definition) is 3. The fourth-order valence-corrected chi connectivity index (χ4v) is 4.11. The van der Waals surface area contributed by atoms with E-state index in [0.717, 1.165) is 6.42 Å². The lowest BCUT2D eigenvalue weighted by atomic mass is 9.79. The second-order valence-electron chi connectivity index (χ2n) is 8.00. The molecule has 0 aromatic heterocycles. The molecular formula is C18H33NO3. The summed E-state index contributed by atoms with van der Waals surface area (Å²) in [5.74, 6) is 0.802. The maximum absolute atomic E-state index is 12.9. The van der Waals surface area contributed by atoms with Crippen molar-refractivity contribution in [2.75, 3.05) is 19.7 Å². The van der Waals surface area contributed by atoms with Gasteiger partial charge in [0.1, 0.15) is 0 Å². The quantitative estimate of drug-likeness (QED) is 0.820. The monoisotopic (exact) mass is 311 g/mol. The average Bonchev–Trinajstić information content (AvgIpc) is 2.50. The smallest absolute Gasteiger partial charge is 0.225 e. The van der Waals surface area contributed by atoms with Gasteiger partial charge in [-0.2, -0.15) is 0 Å². The number of aliphatic hydroxyl groups excluding tert-OH is 2. The third kappa shape index (κ3) is 4.45. The summed E-state index contributed by atoms with van der Waals surface area (Å²) in [6.45, 7) is 5.41. The molecule has 0 spiro atoms. The Kier molecular flexibility index (Phi) is 6.27. The molecule has 4 heteroatoms. The first-order valence-corrected chi connectivity index (χ1v) is 9.02. The standard InChI is InChI=1S/C18H33NO3/c1-18(2)13-19(10-8-16(18)21)17(22)15(9-11-20)12-14-6-4-3-5-7-14/h14-16,20-21H,3-13H2,1-2H3/t15-,16+/m1/s1. The van der Waals surface area contributed by atoms with Gasteiger partial charge in [-0.3, -0.25) is 4.79 Å². The molecule has 22 heavy (non-hydrogen) atoms. The SMILES string of the molecule is CC1(C)CN(C(=O)[C@H](CCO)CC2CCCCC2)CC[C@@H]1O. The van der Waals surface area contributed by atoms with Crippen LogP contribution in [-0.4, -0.2) is 46.8 Å². The zero-order valence-corrected chi connectivity index (χ0v) is 14.3. The number of carbonyl (C=O) groups is 1. The van der Waals surface area contributed by atoms with E-state index in [1.807, 2.05) is 18.7 Å². The van der Waals surface area contributed by atoms with E-state index in [1.165, 1.54) is 32.1 Å². The minimum Gasteiger partial charge on any atom is -0.396 e. The molecule has 0 aromatic rings. The molecule has 2 rings (SSSR count). The summed E-state index contributed by atoms with van der Waals surface area (Å²) >= 11 is 0. The van der Waals surface area contributed by atoms with E-state index < -0.39 is 0 Å². The van der Waals surface area contributed by atoms with Crippen molar-refractivity contribution in [1.29, 1.82) is 0 Å². The van der Waals surface area contributed by atoms with Gasteiger partial charge in [0.05, 0.1) is 6.10 Å². The van der Waals surface area contributed by atoms with Crippen LogP contribution in [0.3, 0.4) is 0 Å². The van der Waals surface area contributed by atoms with Crippen LogP contribution in [0, 0.1) is 17.3 Å². The van der Waals surface area contributed by atoms with Gasteiger partial charge >= 0.3 is 0 Å². The first-order chi connectivity index (χ1) is 10.4. The predicted molar refractivity (Wildman–Crippen MR) is 87.4 cm³/mol. The molecule has 1 aliphatic carbocycles. The Morgan fingerprint density at radius 2 is 1.91 bits per heavy atom. The Morgan fingerprint density at radius 3 is 2.50 bits per heavy atom. The zero-order chi connectivity index (χ0) is 16.2. The lowest BCUT2D eigenvalue weighted by molar-refractivity contribution is -0.143. The summed E-state index contributed by atoms with van der Waals surface area (Å²) in [6.07, 6.45) is 8.21. The van der Waals surface area contributed by atoms with E-state index >= 15 is 0 Å². The van der Waals surface area contributed by atoms with E-state index in [2.05, 4.69) is 0 Å². The summed E-state index contributed by atoms with van der Waals surface area (Å²) in [5, 5.41) is 19.4. The van der Waals surface area contributed by atoms with Crippen molar-refractivity contribution in [2.45, 2.75) is 71.3 Å². The zero-order valence-electron chi connectivity index (χ0n) is 14.3. The Hall–Kier alpha value is -0.610. The molecule has 1 saturated carbocycles. The lowest BCUT2D eigenvalue weighted by Gasteiger charge is -2.43. The number of nitrogens with zero attached hydrogens (tertiary/aromatic N) is 1. The molecule has 1 aliphatic heterocycles. The highest BCUT2D eigenvalue weighted by Crippen LogP contribution is 2.33. The van der Waals surface area contributed by atoms with Crippen molar-refractivity contribution in [1.82, 2.24) is 4.90 Å². The Morgan fingerprint density at radius 1 is 1.23 bits per heavy atom. The van der Waals surface area contributed by atoms with Gasteiger partial charge < -0.3 is 15.1 Å². The third-order valence-corrected chi connectivity index (χ3v) is 5.65. The Balaban J connectivity index is 1.96. The number of carbonyl (C=O) groups excluding carboxylic acids is 1. The molecule has 128 valence electrons. The van der Waals surface area contributed by atoms with Gasteiger partial charge in [0, 0.05) is 31.0 Å². The van der Waals surface area contributed by atoms with Crippen LogP contribution in [0.1, 0.15) is 65.2 Å². The molecule has 0 bridgehead atoms. The average molecular weight is 311 g/mol. The number of piperidine rings is 1. The minimum atomic E-state index is -0.328. The van der Waals surface area contributed by atoms with Crippen LogP contribution in [-0.2, 0) is 4.79 Å². The van der Waals surface area contributed by atoms with Gasteiger partial charge in [-0.1, -0.05) is 46.0 Å². The second kappa shape index (κ2) is 7.78. The summed E-state index contributed by atoms with van der Waals surface area (Å²) < 4.78 is 0. The number of amides is 1. The number of hydrogen-bond donors (Lipinski definition) is 2. The van der Waals surface area contributed by atoms with E-state index in [0.29, 0.717) is 31.8 Å². The van der Waals surface area contributed by atoms with Gasteiger partial charge in [0.2, 0.25) is 5.91 Å². The van der Waals surface area contributed by atoms with Crippen molar-refractivity contribution < 1.29 is 15.0 Å². The maximum atomic E-state index is 12.9. The molecule has 1 heterocycles. The Bertz CT molecular complexity index is 363. The molecule has 1 saturated heterocycles. The molecule has 2 fully saturated rings. The van der Waals surface area contributed by atoms with Crippen molar-refractivity contribution in [3.05, 3.63) is 0 Å². The highest BCUT2D eigenvalue weighted by molar-refractivity contribution is 5.79. The molecule has 1 amide bonds. The molecule has 0 radical (unpaired) electrons. The summed E-state index contributed by atoms with van der Waals surface area (Å²) in [4.78, 5) is 14.8. The molecule has 2 aliphatic rings. The Labute approximate surface area is 134 Å². The van der Waals surface area contributed by atoms with E-state index in [1.54, 1.807) is 0 Å². The highest BCUT2D eigenvalue weighted by Gasteiger charge is 2.38. The van der Waals surface area contributed by atoms with Gasteiger partial charge in [0.25, 0.3) is 0 Å². The first kappa shape index (κ1) is 17.7. The van der Waals surface area contributed by atoms with Crippen LogP contribution in [0.5, 0.6) is 0 Å². The summed E-state index contributed by atoms with van der Waals surface area (Å²) in [7, 11) is 0. The van der Waals surface area contributed by atoms with Crippen LogP contribution >= 0.6 is 0 Å². The van der Waals surface area contributed by atoms with Crippen LogP contribution in [0.2, 0.25) is 0 Å². The minimum absolute atomic E-state index is 0.0425. The van der Waals surface area contributed by atoms with Crippen molar-refractivity contribution in [3.63, 3.8) is 0 Å². The molecule has 0 unspecified atom stereocenters. The molecule has 2 N–H and O–H groups in total. The lowest BCUT2D eigenvalue weighted by Crippen LogP contribution is -2.52. The predicted octanol–water partition coefficient (Wildman–Crippen LogP) is 2.57. The number of likely N-dealkylation sites (tertiary alicyclic amines) is 1. The van der Waals surface area contributed by atoms with E-state index in [4.69, 9.17) is 0 Å². The largest absolute Gasteiger partial charge is 0.396 e. The fourth-order valence-electron chi connectivity index (χ4n) is 4.11. The van der Waals surface area contributed by atoms with Crippen LogP contribution < -0.4 is 0 Å². The second-order valence-corrected chi connectivity index (χ2v) is 8.00. The highest BCUT2D eigenvalue weighted by atomic mass is 16.3. The van der Waals surface area contributed by atoms with Gasteiger partial charge in [-0.15, -0.1) is 0 Å². The first-order valence-electron chi connectivity index (χ1n) is 9.02. The molecule has 2 atom stereocenters. The molecular weight excluding hydrogens is 278 g/mol. The van der Waals surface area contributed by atoms with Crippen LogP contribution in [0.4, 0.5) is 0 Å². The number of rotatable bonds is 5. The van der Waals surface area contributed by atoms with Gasteiger partial charge in [-0.25, -0.2) is 0 Å². The molecule has 4 nitrogen and oxygen atoms in total. The van der Waals surface area contributed by atoms with Crippen LogP contribution in [0.25, 0.3) is 0 Å². The van der Waals surface area contributed by atoms with Gasteiger partial charge in [0.15, 0.2) is 0 Å². The normalized spacial score (nSPS) is 27.6. The van der Waals surface area contributed by atoms with Crippen LogP contribution in [0.15, 0.2) is 0 Å². The number of aliphatic hydroxyl groups is 2. The van der Waals surface area contributed by atoms with Crippen molar-refractivity contribution >= 4 is 5.91 Å². The molecule has 0 aromatic carbocycles. The summed E-state index contributed by atoms with van der Waals surface area (Å²) in [5.41, 5.74) is -0.234. The van der Waals surface area contributed by atoms with E-state index in [9.17, 15) is 15.0 Å². The van der Waals surface area contributed by atoms with Crippen molar-refractivity contribution in [3.8, 4) is 0 Å². The topological polar surface area (TPSA) is 60.8 Å². The summed E-state index contributed by atoms with van der Waals surface area (Å²) in [6, 6.07) is 0.